The average molecular weight is 427 g/mol. The molecule has 1 aliphatic heterocycles. The topological polar surface area (TPSA) is 52.8 Å². The molecule has 162 valence electrons. The third kappa shape index (κ3) is 5.11. The standard InChI is InChI=1S/C27H27FN4/c1-5-25(24-7-6-12-31-26(24)22-8-13-30-14-9-22)32-15-10-27(19-29,11-16-32)18-23(21(4)28)17-20(2)3/h6-9,12-14,17H,1-2,4,10-11,15-16,18H2,3H3/b23-17-. The zero-order valence-electron chi connectivity index (χ0n) is 18.4. The Labute approximate surface area is 189 Å². The van der Waals surface area contributed by atoms with Gasteiger partial charge in [-0.2, -0.15) is 5.26 Å². The Morgan fingerprint density at radius 3 is 2.47 bits per heavy atom. The normalized spacial score (nSPS) is 15.4. The minimum absolute atomic E-state index is 0.321. The van der Waals surface area contributed by atoms with E-state index in [1.54, 1.807) is 31.6 Å². The molecule has 0 radical (unpaired) electrons. The molecular formula is C27H27FN4. The molecule has 0 saturated carbocycles. The lowest BCUT2D eigenvalue weighted by molar-refractivity contribution is 0.196. The fraction of sp³-hybridized carbons (Fsp3) is 0.259. The van der Waals surface area contributed by atoms with E-state index in [0.29, 0.717) is 37.9 Å². The molecule has 0 aliphatic carbocycles. The molecule has 1 aliphatic rings. The van der Waals surface area contributed by atoms with E-state index < -0.39 is 11.2 Å². The first kappa shape index (κ1) is 22.9. The maximum atomic E-state index is 14.0. The summed E-state index contributed by atoms with van der Waals surface area (Å²) in [6.45, 7) is 14.3. The van der Waals surface area contributed by atoms with E-state index >= 15 is 0 Å². The second-order valence-corrected chi connectivity index (χ2v) is 8.14. The molecular weight excluding hydrogens is 399 g/mol. The molecule has 1 fully saturated rings. The van der Waals surface area contributed by atoms with Crippen molar-refractivity contribution in [1.82, 2.24) is 14.9 Å². The first-order valence-electron chi connectivity index (χ1n) is 10.5. The highest BCUT2D eigenvalue weighted by atomic mass is 19.1. The van der Waals surface area contributed by atoms with Crippen LogP contribution in [0, 0.1) is 16.7 Å². The van der Waals surface area contributed by atoms with Crippen LogP contribution in [-0.2, 0) is 0 Å². The highest BCUT2D eigenvalue weighted by Crippen LogP contribution is 2.41. The number of halogens is 1. The molecule has 0 bridgehead atoms. The van der Waals surface area contributed by atoms with E-state index in [1.807, 2.05) is 24.3 Å². The molecule has 0 unspecified atom stereocenters. The van der Waals surface area contributed by atoms with Gasteiger partial charge in [0, 0.05) is 42.8 Å². The molecule has 1 saturated heterocycles. The van der Waals surface area contributed by atoms with Gasteiger partial charge in [-0.3, -0.25) is 9.97 Å². The van der Waals surface area contributed by atoms with Gasteiger partial charge in [0.2, 0.25) is 0 Å². The van der Waals surface area contributed by atoms with E-state index in [0.717, 1.165) is 28.1 Å². The second kappa shape index (κ2) is 10.0. The Kier molecular flexibility index (Phi) is 7.20. The Balaban J connectivity index is 1.84. The molecule has 4 nitrogen and oxygen atoms in total. The van der Waals surface area contributed by atoms with Crippen molar-refractivity contribution in [2.45, 2.75) is 26.2 Å². The van der Waals surface area contributed by atoms with Crippen LogP contribution in [0.5, 0.6) is 0 Å². The number of piperidine rings is 1. The Bertz CT molecular complexity index is 1130. The van der Waals surface area contributed by atoms with Gasteiger partial charge in [0.1, 0.15) is 5.83 Å². The summed E-state index contributed by atoms with van der Waals surface area (Å²) in [5.41, 5.74) is 7.19. The highest BCUT2D eigenvalue weighted by Gasteiger charge is 2.37. The first-order chi connectivity index (χ1) is 15.4. The molecule has 0 amide bonds. The van der Waals surface area contributed by atoms with Gasteiger partial charge in [-0.1, -0.05) is 31.4 Å². The highest BCUT2D eigenvalue weighted by molar-refractivity contribution is 5.77. The maximum absolute atomic E-state index is 14.0. The van der Waals surface area contributed by atoms with E-state index in [-0.39, 0.29) is 0 Å². The van der Waals surface area contributed by atoms with Crippen LogP contribution >= 0.6 is 0 Å². The predicted octanol–water partition coefficient (Wildman–Crippen LogP) is 6.25. The number of likely N-dealkylation sites (tertiary alicyclic amines) is 1. The van der Waals surface area contributed by atoms with Crippen molar-refractivity contribution in [1.29, 1.82) is 5.26 Å². The largest absolute Gasteiger partial charge is 0.365 e. The number of pyridine rings is 2. The predicted molar refractivity (Wildman–Crippen MR) is 127 cm³/mol. The van der Waals surface area contributed by atoms with Crippen LogP contribution in [0.3, 0.4) is 0 Å². The number of hydrogen-bond acceptors (Lipinski definition) is 4. The molecule has 0 N–H and O–H groups in total. The molecule has 0 spiro atoms. The van der Waals surface area contributed by atoms with Gasteiger partial charge in [-0.15, -0.1) is 5.73 Å². The summed E-state index contributed by atoms with van der Waals surface area (Å²) in [7, 11) is 0. The van der Waals surface area contributed by atoms with Crippen LogP contribution in [0.15, 0.2) is 91.4 Å². The molecule has 2 aromatic rings. The molecule has 0 aromatic carbocycles. The minimum atomic E-state index is -0.651. The van der Waals surface area contributed by atoms with Gasteiger partial charge in [0.05, 0.1) is 22.9 Å². The number of hydrogen-bond donors (Lipinski definition) is 0. The average Bonchev–Trinajstić information content (AvgIpc) is 2.81. The second-order valence-electron chi connectivity index (χ2n) is 8.14. The number of nitriles is 1. The number of aromatic nitrogens is 2. The Morgan fingerprint density at radius 1 is 1.22 bits per heavy atom. The number of rotatable bonds is 7. The zero-order chi connectivity index (χ0) is 23.1. The summed E-state index contributed by atoms with van der Waals surface area (Å²) in [6, 6.07) is 10.2. The summed E-state index contributed by atoms with van der Waals surface area (Å²) in [6.07, 6.45) is 8.43. The number of nitrogens with zero attached hydrogens (tertiary/aromatic N) is 4. The molecule has 0 atom stereocenters. The van der Waals surface area contributed by atoms with E-state index in [9.17, 15) is 9.65 Å². The van der Waals surface area contributed by atoms with Gasteiger partial charge in [-0.25, -0.2) is 4.39 Å². The Morgan fingerprint density at radius 2 is 1.91 bits per heavy atom. The van der Waals surface area contributed by atoms with Gasteiger partial charge < -0.3 is 4.90 Å². The summed E-state index contributed by atoms with van der Waals surface area (Å²) in [5, 5.41) is 9.98. The van der Waals surface area contributed by atoms with Crippen molar-refractivity contribution in [2.75, 3.05) is 13.1 Å². The van der Waals surface area contributed by atoms with E-state index in [4.69, 9.17) is 0 Å². The molecule has 2 aromatic heterocycles. The Hall–Kier alpha value is -3.74. The van der Waals surface area contributed by atoms with Gasteiger partial charge >= 0.3 is 0 Å². The van der Waals surface area contributed by atoms with Gasteiger partial charge in [-0.05, 0) is 56.0 Å². The quantitative estimate of drug-likeness (QED) is 0.388. The lowest BCUT2D eigenvalue weighted by atomic mass is 9.74. The summed E-state index contributed by atoms with van der Waals surface area (Å²) in [5.74, 6) is -0.505. The van der Waals surface area contributed by atoms with Crippen LogP contribution in [-0.4, -0.2) is 28.0 Å². The monoisotopic (exact) mass is 426 g/mol. The van der Waals surface area contributed by atoms with Crippen molar-refractivity contribution >= 4 is 5.70 Å². The zero-order valence-corrected chi connectivity index (χ0v) is 18.4. The first-order valence-corrected chi connectivity index (χ1v) is 10.5. The van der Waals surface area contributed by atoms with Gasteiger partial charge in [0.25, 0.3) is 0 Å². The SMILES string of the molecule is C=C=C(c1cccnc1-c1ccncc1)N1CCC(C#N)(C/C(=C/C(=C)C)C(=C)F)CC1. The van der Waals surface area contributed by atoms with Crippen molar-refractivity contribution in [3.05, 3.63) is 96.9 Å². The summed E-state index contributed by atoms with van der Waals surface area (Å²) < 4.78 is 14.0. The molecule has 3 rings (SSSR count). The minimum Gasteiger partial charge on any atom is -0.365 e. The van der Waals surface area contributed by atoms with E-state index in [1.165, 1.54) is 0 Å². The van der Waals surface area contributed by atoms with Crippen LogP contribution in [0.2, 0.25) is 0 Å². The smallest absolute Gasteiger partial charge is 0.119 e. The third-order valence-corrected chi connectivity index (χ3v) is 5.76. The van der Waals surface area contributed by atoms with Crippen molar-refractivity contribution in [2.24, 2.45) is 5.41 Å². The fourth-order valence-electron chi connectivity index (χ4n) is 4.09. The van der Waals surface area contributed by atoms with Crippen LogP contribution in [0.25, 0.3) is 17.0 Å². The lowest BCUT2D eigenvalue weighted by Gasteiger charge is -2.39. The lowest BCUT2D eigenvalue weighted by Crippen LogP contribution is -2.38. The van der Waals surface area contributed by atoms with Crippen LogP contribution < -0.4 is 0 Å². The van der Waals surface area contributed by atoms with Crippen LogP contribution in [0.1, 0.15) is 31.7 Å². The maximum Gasteiger partial charge on any atom is 0.119 e. The van der Waals surface area contributed by atoms with Crippen LogP contribution in [0.4, 0.5) is 4.39 Å². The van der Waals surface area contributed by atoms with Crippen molar-refractivity contribution in [3.8, 4) is 17.3 Å². The summed E-state index contributed by atoms with van der Waals surface area (Å²) in [4.78, 5) is 10.8. The number of allylic oxidation sites excluding steroid dienone is 4. The fourth-order valence-corrected chi connectivity index (χ4v) is 4.09. The van der Waals surface area contributed by atoms with Gasteiger partial charge in [0.15, 0.2) is 0 Å². The molecule has 3 heterocycles. The van der Waals surface area contributed by atoms with Crippen molar-refractivity contribution < 1.29 is 4.39 Å². The molecule has 32 heavy (non-hydrogen) atoms. The summed E-state index contributed by atoms with van der Waals surface area (Å²) >= 11 is 0. The van der Waals surface area contributed by atoms with Crippen molar-refractivity contribution in [3.63, 3.8) is 0 Å². The third-order valence-electron chi connectivity index (χ3n) is 5.76. The molecule has 5 heteroatoms. The van der Waals surface area contributed by atoms with E-state index in [2.05, 4.69) is 46.4 Å².